The lowest BCUT2D eigenvalue weighted by atomic mass is 9.92. The number of aromatic amines is 1. The molecule has 164 valence electrons. The molecule has 1 atom stereocenters. The van der Waals surface area contributed by atoms with Crippen LogP contribution in [0.3, 0.4) is 0 Å². The number of anilines is 2. The summed E-state index contributed by atoms with van der Waals surface area (Å²) in [7, 11) is 1.53. The van der Waals surface area contributed by atoms with Crippen molar-refractivity contribution in [3.63, 3.8) is 0 Å². The first-order chi connectivity index (χ1) is 15.4. The minimum atomic E-state index is -0.947. The largest absolute Gasteiger partial charge is 0.497 e. The molecule has 8 nitrogen and oxygen atoms in total. The third-order valence-electron chi connectivity index (χ3n) is 5.04. The van der Waals surface area contributed by atoms with Crippen molar-refractivity contribution in [3.05, 3.63) is 75.6 Å². The average molecular weight is 451 g/mol. The number of ether oxygens (including phenoxy) is 1. The molecule has 3 aromatic rings. The van der Waals surface area contributed by atoms with E-state index in [1.54, 1.807) is 24.3 Å². The third kappa shape index (κ3) is 4.83. The van der Waals surface area contributed by atoms with Gasteiger partial charge < -0.3 is 20.4 Å². The lowest BCUT2D eigenvalue weighted by Gasteiger charge is -2.23. The summed E-state index contributed by atoms with van der Waals surface area (Å²) >= 11 is 1.35. The Morgan fingerprint density at radius 1 is 1.22 bits per heavy atom. The highest BCUT2D eigenvalue weighted by atomic mass is 32.2. The van der Waals surface area contributed by atoms with Gasteiger partial charge in [-0.05, 0) is 24.6 Å². The van der Waals surface area contributed by atoms with Gasteiger partial charge in [0.25, 0.3) is 5.56 Å². The topological polar surface area (TPSA) is 113 Å². The van der Waals surface area contributed by atoms with Gasteiger partial charge in [0, 0.05) is 23.9 Å². The van der Waals surface area contributed by atoms with Crippen molar-refractivity contribution in [3.8, 4) is 5.75 Å². The fourth-order valence-electron chi connectivity index (χ4n) is 3.53. The Labute approximate surface area is 188 Å². The fourth-order valence-corrected chi connectivity index (χ4v) is 4.33. The predicted molar refractivity (Wildman–Crippen MR) is 123 cm³/mol. The van der Waals surface area contributed by atoms with Crippen LogP contribution in [0, 0.1) is 6.92 Å². The number of amides is 2. The number of rotatable bonds is 6. The van der Waals surface area contributed by atoms with E-state index in [-0.39, 0.29) is 23.7 Å². The number of fused-ring (bicyclic) bond motifs is 1. The molecule has 2 amide bonds. The molecule has 3 N–H and O–H groups in total. The van der Waals surface area contributed by atoms with Crippen LogP contribution in [0.5, 0.6) is 5.75 Å². The van der Waals surface area contributed by atoms with Crippen molar-refractivity contribution in [2.24, 2.45) is 0 Å². The van der Waals surface area contributed by atoms with Gasteiger partial charge in [-0.15, -0.1) is 0 Å². The molecule has 2 heterocycles. The smallest absolute Gasteiger partial charge is 0.257 e. The monoisotopic (exact) mass is 450 g/mol. The van der Waals surface area contributed by atoms with Gasteiger partial charge >= 0.3 is 0 Å². The first-order valence-corrected chi connectivity index (χ1v) is 11.0. The predicted octanol–water partition coefficient (Wildman–Crippen LogP) is 3.44. The van der Waals surface area contributed by atoms with Crippen LogP contribution in [0.1, 0.15) is 29.0 Å². The van der Waals surface area contributed by atoms with Crippen LogP contribution in [0.4, 0.5) is 11.5 Å². The van der Waals surface area contributed by atoms with E-state index in [1.807, 2.05) is 25.1 Å². The molecular weight excluding hydrogens is 428 g/mol. The molecule has 1 aromatic heterocycles. The normalized spacial score (nSPS) is 14.9. The zero-order chi connectivity index (χ0) is 22.7. The molecule has 0 saturated heterocycles. The van der Waals surface area contributed by atoms with Crippen LogP contribution in [0.15, 0.2) is 58.5 Å². The molecule has 0 fully saturated rings. The summed E-state index contributed by atoms with van der Waals surface area (Å²) in [6.45, 7) is 2.01. The summed E-state index contributed by atoms with van der Waals surface area (Å²) in [5.74, 6) is -0.450. The fraction of sp³-hybridized carbons (Fsp3) is 0.217. The SMILES string of the molecule is COc1cccc(NC(=O)[C@H]2CC(=O)Nc3nc(SCc4cccc(C)c4)[nH]c(=O)c32)c1. The molecule has 1 aliphatic heterocycles. The summed E-state index contributed by atoms with van der Waals surface area (Å²) in [4.78, 5) is 45.2. The number of carbonyl (C=O) groups excluding carboxylic acids is 2. The highest BCUT2D eigenvalue weighted by molar-refractivity contribution is 7.98. The third-order valence-corrected chi connectivity index (χ3v) is 5.99. The van der Waals surface area contributed by atoms with Crippen molar-refractivity contribution in [2.75, 3.05) is 17.7 Å². The van der Waals surface area contributed by atoms with Crippen LogP contribution >= 0.6 is 11.8 Å². The van der Waals surface area contributed by atoms with E-state index in [2.05, 4.69) is 26.7 Å². The van der Waals surface area contributed by atoms with Gasteiger partial charge in [-0.25, -0.2) is 4.98 Å². The second kappa shape index (κ2) is 9.27. The number of thioether (sulfide) groups is 1. The Morgan fingerprint density at radius 2 is 2.03 bits per heavy atom. The molecule has 0 unspecified atom stereocenters. The molecule has 0 saturated carbocycles. The highest BCUT2D eigenvalue weighted by Crippen LogP contribution is 2.31. The van der Waals surface area contributed by atoms with Crippen molar-refractivity contribution >= 4 is 35.1 Å². The Hall–Kier alpha value is -3.59. The van der Waals surface area contributed by atoms with Gasteiger partial charge in [-0.3, -0.25) is 14.4 Å². The lowest BCUT2D eigenvalue weighted by Crippen LogP contribution is -2.36. The Balaban J connectivity index is 1.57. The van der Waals surface area contributed by atoms with E-state index in [0.29, 0.717) is 22.3 Å². The van der Waals surface area contributed by atoms with Gasteiger partial charge in [-0.1, -0.05) is 47.7 Å². The second-order valence-corrected chi connectivity index (χ2v) is 8.40. The molecule has 2 aromatic carbocycles. The highest BCUT2D eigenvalue weighted by Gasteiger charge is 2.34. The molecule has 0 radical (unpaired) electrons. The minimum absolute atomic E-state index is 0.127. The average Bonchev–Trinajstić information content (AvgIpc) is 2.77. The summed E-state index contributed by atoms with van der Waals surface area (Å²) in [6.07, 6.45) is -0.136. The Kier molecular flexibility index (Phi) is 6.27. The molecule has 32 heavy (non-hydrogen) atoms. The Bertz CT molecular complexity index is 1240. The number of benzene rings is 2. The molecule has 0 bridgehead atoms. The molecule has 9 heteroatoms. The van der Waals surface area contributed by atoms with Crippen LogP contribution < -0.4 is 20.9 Å². The summed E-state index contributed by atoms with van der Waals surface area (Å²) in [5.41, 5.74) is 2.47. The quantitative estimate of drug-likeness (QED) is 0.392. The van der Waals surface area contributed by atoms with Gasteiger partial charge in [0.2, 0.25) is 11.8 Å². The summed E-state index contributed by atoms with van der Waals surface area (Å²) in [6, 6.07) is 14.9. The van der Waals surface area contributed by atoms with E-state index >= 15 is 0 Å². The van der Waals surface area contributed by atoms with Gasteiger partial charge in [-0.2, -0.15) is 0 Å². The lowest BCUT2D eigenvalue weighted by molar-refractivity contribution is -0.123. The van der Waals surface area contributed by atoms with E-state index in [9.17, 15) is 14.4 Å². The number of methoxy groups -OCH3 is 1. The maximum Gasteiger partial charge on any atom is 0.257 e. The number of H-pyrrole nitrogens is 1. The number of nitrogens with zero attached hydrogens (tertiary/aromatic N) is 1. The van der Waals surface area contributed by atoms with Crippen LogP contribution in [0.25, 0.3) is 0 Å². The maximum atomic E-state index is 12.9. The zero-order valence-electron chi connectivity index (χ0n) is 17.6. The molecule has 4 rings (SSSR count). The molecule has 1 aliphatic rings. The Morgan fingerprint density at radius 3 is 2.81 bits per heavy atom. The first-order valence-electron chi connectivity index (χ1n) is 10.0. The standard InChI is InChI=1S/C23H22N4O4S/c1-13-5-3-6-14(9-13)12-32-23-26-20-19(22(30)27-23)17(11-18(28)25-20)21(29)24-15-7-4-8-16(10-15)31-2/h3-10,17H,11-12H2,1-2H3,(H,24,29)(H2,25,26,27,28,30)/t17-/m0/s1. The molecule has 0 spiro atoms. The number of nitrogens with one attached hydrogen (secondary N) is 3. The second-order valence-electron chi connectivity index (χ2n) is 7.44. The number of hydrogen-bond donors (Lipinski definition) is 3. The first kappa shape index (κ1) is 21.6. The van der Waals surface area contributed by atoms with Gasteiger partial charge in [0.1, 0.15) is 11.6 Å². The molecular formula is C23H22N4O4S. The number of carbonyl (C=O) groups is 2. The van der Waals surface area contributed by atoms with Gasteiger partial charge in [0.05, 0.1) is 18.6 Å². The van der Waals surface area contributed by atoms with E-state index in [4.69, 9.17) is 4.74 Å². The number of hydrogen-bond acceptors (Lipinski definition) is 6. The van der Waals surface area contributed by atoms with Crippen molar-refractivity contribution in [2.45, 2.75) is 30.2 Å². The van der Waals surface area contributed by atoms with Crippen LogP contribution in [-0.4, -0.2) is 28.9 Å². The zero-order valence-corrected chi connectivity index (χ0v) is 18.4. The van der Waals surface area contributed by atoms with E-state index < -0.39 is 17.4 Å². The van der Waals surface area contributed by atoms with Crippen molar-refractivity contribution in [1.82, 2.24) is 9.97 Å². The van der Waals surface area contributed by atoms with E-state index in [0.717, 1.165) is 11.1 Å². The number of aryl methyl sites for hydroxylation is 1. The maximum absolute atomic E-state index is 12.9. The van der Waals surface area contributed by atoms with Crippen molar-refractivity contribution in [1.29, 1.82) is 0 Å². The van der Waals surface area contributed by atoms with Crippen LogP contribution in [-0.2, 0) is 15.3 Å². The molecule has 0 aliphatic carbocycles. The van der Waals surface area contributed by atoms with E-state index in [1.165, 1.54) is 18.9 Å². The van der Waals surface area contributed by atoms with Crippen molar-refractivity contribution < 1.29 is 14.3 Å². The number of aromatic nitrogens is 2. The van der Waals surface area contributed by atoms with Gasteiger partial charge in [0.15, 0.2) is 5.16 Å². The summed E-state index contributed by atoms with van der Waals surface area (Å²) in [5, 5.41) is 5.77. The minimum Gasteiger partial charge on any atom is -0.497 e. The summed E-state index contributed by atoms with van der Waals surface area (Å²) < 4.78 is 5.17. The van der Waals surface area contributed by atoms with Crippen LogP contribution in [0.2, 0.25) is 0 Å².